The molecule has 1 N–H and O–H groups in total. The number of likely N-dealkylation sites (tertiary alicyclic amines) is 1. The molecule has 1 aliphatic carbocycles. The molecule has 0 unspecified atom stereocenters. The van der Waals surface area contributed by atoms with Gasteiger partial charge in [0.1, 0.15) is 0 Å². The lowest BCUT2D eigenvalue weighted by Crippen LogP contribution is -2.40. The van der Waals surface area contributed by atoms with Gasteiger partial charge in [0.25, 0.3) is 0 Å². The van der Waals surface area contributed by atoms with Gasteiger partial charge in [-0.05, 0) is 70.0 Å². The highest BCUT2D eigenvalue weighted by molar-refractivity contribution is 4.80. The van der Waals surface area contributed by atoms with E-state index in [2.05, 4.69) is 24.1 Å². The zero-order valence-electron chi connectivity index (χ0n) is 12.5. The fourth-order valence-corrected chi connectivity index (χ4v) is 3.78. The summed E-state index contributed by atoms with van der Waals surface area (Å²) in [6, 6.07) is 0.817. The van der Waals surface area contributed by atoms with Gasteiger partial charge >= 0.3 is 0 Å². The van der Waals surface area contributed by atoms with E-state index in [1.54, 1.807) is 0 Å². The van der Waals surface area contributed by atoms with Gasteiger partial charge in [-0.1, -0.05) is 20.3 Å². The van der Waals surface area contributed by atoms with Crippen LogP contribution in [0.25, 0.3) is 0 Å². The molecule has 2 fully saturated rings. The van der Waals surface area contributed by atoms with Crippen LogP contribution >= 0.6 is 0 Å². The molecule has 2 heteroatoms. The standard InChI is InChI=1S/C16H32N2/c1-3-14-9-11-18(12-10-14)13-15-5-7-16(8-6-15)17-4-2/h14-17H,3-13H2,1-2H3. The summed E-state index contributed by atoms with van der Waals surface area (Å²) in [6.45, 7) is 9.83. The molecule has 106 valence electrons. The lowest BCUT2D eigenvalue weighted by Gasteiger charge is -2.36. The van der Waals surface area contributed by atoms with Gasteiger partial charge in [-0.15, -0.1) is 0 Å². The average Bonchev–Trinajstić information content (AvgIpc) is 2.42. The molecule has 0 aromatic rings. The molecular formula is C16H32N2. The third-order valence-corrected chi connectivity index (χ3v) is 5.14. The number of hydrogen-bond donors (Lipinski definition) is 1. The molecule has 0 spiro atoms. The van der Waals surface area contributed by atoms with E-state index in [4.69, 9.17) is 0 Å². The highest BCUT2D eigenvalue weighted by Crippen LogP contribution is 2.27. The molecule has 1 saturated heterocycles. The monoisotopic (exact) mass is 252 g/mol. The van der Waals surface area contributed by atoms with Gasteiger partial charge in [0.2, 0.25) is 0 Å². The van der Waals surface area contributed by atoms with E-state index in [9.17, 15) is 0 Å². The van der Waals surface area contributed by atoms with Crippen LogP contribution in [0.4, 0.5) is 0 Å². The summed E-state index contributed by atoms with van der Waals surface area (Å²) in [5, 5.41) is 3.61. The van der Waals surface area contributed by atoms with Crippen molar-refractivity contribution in [2.75, 3.05) is 26.2 Å². The minimum atomic E-state index is 0.817. The van der Waals surface area contributed by atoms with E-state index in [-0.39, 0.29) is 0 Å². The van der Waals surface area contributed by atoms with Crippen molar-refractivity contribution < 1.29 is 0 Å². The predicted molar refractivity (Wildman–Crippen MR) is 78.9 cm³/mol. The van der Waals surface area contributed by atoms with Gasteiger partial charge in [0.15, 0.2) is 0 Å². The number of nitrogens with one attached hydrogen (secondary N) is 1. The summed E-state index contributed by atoms with van der Waals surface area (Å²) in [6.07, 6.45) is 10.00. The SMILES string of the molecule is CCNC1CCC(CN2CCC(CC)CC2)CC1. The van der Waals surface area contributed by atoms with Crippen LogP contribution in [0.1, 0.15) is 58.8 Å². The van der Waals surface area contributed by atoms with Crippen molar-refractivity contribution in [1.82, 2.24) is 10.2 Å². The number of hydrogen-bond acceptors (Lipinski definition) is 2. The fourth-order valence-electron chi connectivity index (χ4n) is 3.78. The second kappa shape index (κ2) is 7.49. The van der Waals surface area contributed by atoms with Gasteiger partial charge in [0.05, 0.1) is 0 Å². The first-order chi connectivity index (χ1) is 8.81. The molecule has 2 aliphatic rings. The second-order valence-electron chi connectivity index (χ2n) is 6.43. The number of nitrogens with zero attached hydrogens (tertiary/aromatic N) is 1. The Hall–Kier alpha value is -0.0800. The summed E-state index contributed by atoms with van der Waals surface area (Å²) in [5.41, 5.74) is 0. The van der Waals surface area contributed by atoms with Crippen LogP contribution in [0, 0.1) is 11.8 Å². The number of rotatable bonds is 5. The minimum absolute atomic E-state index is 0.817. The molecule has 0 radical (unpaired) electrons. The van der Waals surface area contributed by atoms with Gasteiger partial charge in [0, 0.05) is 12.6 Å². The van der Waals surface area contributed by atoms with Crippen LogP contribution in [0.3, 0.4) is 0 Å². The fraction of sp³-hybridized carbons (Fsp3) is 1.00. The molecule has 2 nitrogen and oxygen atoms in total. The Kier molecular flexibility index (Phi) is 5.97. The third kappa shape index (κ3) is 4.24. The van der Waals surface area contributed by atoms with Crippen molar-refractivity contribution >= 4 is 0 Å². The smallest absolute Gasteiger partial charge is 0.00671 e. The first-order valence-electron chi connectivity index (χ1n) is 8.27. The maximum atomic E-state index is 3.61. The largest absolute Gasteiger partial charge is 0.314 e. The van der Waals surface area contributed by atoms with E-state index in [0.29, 0.717) is 0 Å². The number of piperidine rings is 1. The van der Waals surface area contributed by atoms with E-state index >= 15 is 0 Å². The van der Waals surface area contributed by atoms with Crippen molar-refractivity contribution in [2.24, 2.45) is 11.8 Å². The van der Waals surface area contributed by atoms with E-state index in [0.717, 1.165) is 24.4 Å². The second-order valence-corrected chi connectivity index (χ2v) is 6.43. The molecule has 0 aromatic carbocycles. The third-order valence-electron chi connectivity index (χ3n) is 5.14. The summed E-state index contributed by atoms with van der Waals surface area (Å²) < 4.78 is 0. The Balaban J connectivity index is 1.63. The quantitative estimate of drug-likeness (QED) is 0.808. The summed E-state index contributed by atoms with van der Waals surface area (Å²) in [7, 11) is 0. The van der Waals surface area contributed by atoms with E-state index in [1.807, 2.05) is 0 Å². The van der Waals surface area contributed by atoms with Crippen LogP contribution in [0.5, 0.6) is 0 Å². The highest BCUT2D eigenvalue weighted by Gasteiger charge is 2.24. The summed E-state index contributed by atoms with van der Waals surface area (Å²) >= 11 is 0. The Morgan fingerprint density at radius 1 is 0.889 bits per heavy atom. The van der Waals surface area contributed by atoms with Crippen LogP contribution in [0.2, 0.25) is 0 Å². The van der Waals surface area contributed by atoms with E-state index < -0.39 is 0 Å². The lowest BCUT2D eigenvalue weighted by molar-refractivity contribution is 0.139. The van der Waals surface area contributed by atoms with Crippen molar-refractivity contribution in [3.8, 4) is 0 Å². The van der Waals surface area contributed by atoms with Crippen molar-refractivity contribution in [2.45, 2.75) is 64.8 Å². The predicted octanol–water partition coefficient (Wildman–Crippen LogP) is 3.28. The highest BCUT2D eigenvalue weighted by atomic mass is 15.1. The zero-order valence-corrected chi connectivity index (χ0v) is 12.5. The molecule has 1 saturated carbocycles. The Bertz CT molecular complexity index is 213. The topological polar surface area (TPSA) is 15.3 Å². The summed E-state index contributed by atoms with van der Waals surface area (Å²) in [5.74, 6) is 2.00. The zero-order chi connectivity index (χ0) is 12.8. The minimum Gasteiger partial charge on any atom is -0.314 e. The Morgan fingerprint density at radius 2 is 1.56 bits per heavy atom. The maximum Gasteiger partial charge on any atom is 0.00671 e. The van der Waals surface area contributed by atoms with Gasteiger partial charge < -0.3 is 10.2 Å². The average molecular weight is 252 g/mol. The molecular weight excluding hydrogens is 220 g/mol. The first kappa shape index (κ1) is 14.3. The maximum absolute atomic E-state index is 3.61. The van der Waals surface area contributed by atoms with Gasteiger partial charge in [-0.25, -0.2) is 0 Å². The van der Waals surface area contributed by atoms with Crippen molar-refractivity contribution in [3.05, 3.63) is 0 Å². The molecule has 2 rings (SSSR count). The molecule has 0 aromatic heterocycles. The lowest BCUT2D eigenvalue weighted by atomic mass is 9.85. The summed E-state index contributed by atoms with van der Waals surface area (Å²) in [4.78, 5) is 2.74. The van der Waals surface area contributed by atoms with Crippen LogP contribution in [0.15, 0.2) is 0 Å². The molecule has 0 amide bonds. The van der Waals surface area contributed by atoms with Crippen LogP contribution in [-0.4, -0.2) is 37.1 Å². The van der Waals surface area contributed by atoms with Crippen LogP contribution < -0.4 is 5.32 Å². The van der Waals surface area contributed by atoms with Gasteiger partial charge in [-0.2, -0.15) is 0 Å². The van der Waals surface area contributed by atoms with Crippen molar-refractivity contribution in [3.63, 3.8) is 0 Å². The van der Waals surface area contributed by atoms with E-state index in [1.165, 1.54) is 64.6 Å². The van der Waals surface area contributed by atoms with Crippen LogP contribution in [-0.2, 0) is 0 Å². The molecule has 18 heavy (non-hydrogen) atoms. The Morgan fingerprint density at radius 3 is 2.11 bits per heavy atom. The first-order valence-corrected chi connectivity index (χ1v) is 8.27. The molecule has 0 atom stereocenters. The Labute approximate surface area is 114 Å². The normalized spacial score (nSPS) is 31.7. The molecule has 1 heterocycles. The molecule has 1 aliphatic heterocycles. The van der Waals surface area contributed by atoms with Crippen molar-refractivity contribution in [1.29, 1.82) is 0 Å². The van der Waals surface area contributed by atoms with Gasteiger partial charge in [-0.3, -0.25) is 0 Å². The molecule has 0 bridgehead atoms.